The molecule has 0 aliphatic heterocycles. The molecule has 1 aromatic carbocycles. The number of aromatic nitrogens is 2. The van der Waals surface area contributed by atoms with Crippen LogP contribution in [0.4, 0.5) is 8.78 Å². The van der Waals surface area contributed by atoms with E-state index >= 15 is 0 Å². The summed E-state index contributed by atoms with van der Waals surface area (Å²) in [5.74, 6) is -1.09. The molecule has 0 aliphatic carbocycles. The third-order valence-corrected chi connectivity index (χ3v) is 3.25. The first-order valence-electron chi connectivity index (χ1n) is 6.20. The van der Waals surface area contributed by atoms with Gasteiger partial charge in [-0.1, -0.05) is 0 Å². The number of rotatable bonds is 5. The van der Waals surface area contributed by atoms with Crippen LogP contribution in [0.15, 0.2) is 30.5 Å². The Morgan fingerprint density at radius 3 is 2.47 bits per heavy atom. The summed E-state index contributed by atoms with van der Waals surface area (Å²) < 4.78 is 28.2. The van der Waals surface area contributed by atoms with Crippen LogP contribution in [-0.2, 0) is 13.5 Å². The van der Waals surface area contributed by atoms with Crippen molar-refractivity contribution in [1.29, 1.82) is 0 Å². The molecule has 2 aromatic rings. The van der Waals surface area contributed by atoms with E-state index in [1.807, 2.05) is 13.1 Å². The van der Waals surface area contributed by atoms with Crippen LogP contribution in [0.1, 0.15) is 23.7 Å². The fourth-order valence-electron chi connectivity index (χ4n) is 2.19. The Morgan fingerprint density at radius 1 is 1.26 bits per heavy atom. The van der Waals surface area contributed by atoms with E-state index in [4.69, 9.17) is 0 Å². The normalized spacial score (nSPS) is 12.6. The lowest BCUT2D eigenvalue weighted by atomic mass is 10.0. The van der Waals surface area contributed by atoms with E-state index in [-0.39, 0.29) is 6.04 Å². The number of nitrogens with one attached hydrogen (secondary N) is 1. The Balaban J connectivity index is 2.09. The highest BCUT2D eigenvalue weighted by Crippen LogP contribution is 2.20. The van der Waals surface area contributed by atoms with Gasteiger partial charge in [-0.05, 0) is 43.7 Å². The van der Waals surface area contributed by atoms with Gasteiger partial charge < -0.3 is 5.32 Å². The van der Waals surface area contributed by atoms with Crippen molar-refractivity contribution in [2.75, 3.05) is 7.05 Å². The predicted octanol–water partition coefficient (Wildman–Crippen LogP) is 2.59. The molecule has 1 N–H and O–H groups in total. The van der Waals surface area contributed by atoms with Gasteiger partial charge in [-0.15, -0.1) is 0 Å². The van der Waals surface area contributed by atoms with Gasteiger partial charge in [0.2, 0.25) is 0 Å². The SMILES string of the molecule is CNC(CCc1ccnn1C)c1cc(F)cc(F)c1. The zero-order valence-electron chi connectivity index (χ0n) is 11.0. The Bertz CT molecular complexity index is 531. The first-order valence-corrected chi connectivity index (χ1v) is 6.20. The maximum absolute atomic E-state index is 13.2. The monoisotopic (exact) mass is 265 g/mol. The lowest BCUT2D eigenvalue weighted by Crippen LogP contribution is -2.18. The highest BCUT2D eigenvalue weighted by molar-refractivity contribution is 5.21. The van der Waals surface area contributed by atoms with Gasteiger partial charge in [0.25, 0.3) is 0 Å². The van der Waals surface area contributed by atoms with Crippen LogP contribution in [0.25, 0.3) is 0 Å². The molecular formula is C14H17F2N3. The summed E-state index contributed by atoms with van der Waals surface area (Å²) >= 11 is 0. The Hall–Kier alpha value is -1.75. The van der Waals surface area contributed by atoms with E-state index in [0.717, 1.165) is 24.6 Å². The minimum atomic E-state index is -0.546. The summed E-state index contributed by atoms with van der Waals surface area (Å²) in [6.45, 7) is 0. The van der Waals surface area contributed by atoms with Crippen LogP contribution in [0, 0.1) is 11.6 Å². The standard InChI is InChI=1S/C14H17F2N3/c1-17-14(4-3-13-5-6-18-19(13)2)10-7-11(15)9-12(16)8-10/h5-9,14,17H,3-4H2,1-2H3. The fraction of sp³-hybridized carbons (Fsp3) is 0.357. The van der Waals surface area contributed by atoms with E-state index in [9.17, 15) is 8.78 Å². The molecule has 0 aliphatic rings. The molecule has 2 rings (SSSR count). The number of aryl methyl sites for hydroxylation is 2. The highest BCUT2D eigenvalue weighted by atomic mass is 19.1. The Morgan fingerprint density at radius 2 is 1.95 bits per heavy atom. The zero-order valence-corrected chi connectivity index (χ0v) is 11.0. The molecule has 0 saturated carbocycles. The molecule has 5 heteroatoms. The van der Waals surface area contributed by atoms with E-state index in [2.05, 4.69) is 10.4 Å². The third-order valence-electron chi connectivity index (χ3n) is 3.25. The molecule has 0 spiro atoms. The van der Waals surface area contributed by atoms with Crippen molar-refractivity contribution >= 4 is 0 Å². The van der Waals surface area contributed by atoms with E-state index < -0.39 is 11.6 Å². The van der Waals surface area contributed by atoms with E-state index in [1.165, 1.54) is 12.1 Å². The van der Waals surface area contributed by atoms with Gasteiger partial charge in [0.05, 0.1) is 0 Å². The average Bonchev–Trinajstić information content (AvgIpc) is 2.75. The molecule has 0 saturated heterocycles. The van der Waals surface area contributed by atoms with Crippen molar-refractivity contribution < 1.29 is 8.78 Å². The number of hydrogen-bond donors (Lipinski definition) is 1. The molecule has 102 valence electrons. The molecule has 1 atom stereocenters. The van der Waals surface area contributed by atoms with Gasteiger partial charge in [0, 0.05) is 31.0 Å². The fourth-order valence-corrected chi connectivity index (χ4v) is 2.19. The van der Waals surface area contributed by atoms with E-state index in [0.29, 0.717) is 5.56 Å². The number of nitrogens with zero attached hydrogens (tertiary/aromatic N) is 2. The van der Waals surface area contributed by atoms with Crippen LogP contribution in [0.5, 0.6) is 0 Å². The van der Waals surface area contributed by atoms with Gasteiger partial charge in [-0.3, -0.25) is 4.68 Å². The molecule has 1 heterocycles. The van der Waals surface area contributed by atoms with Crippen molar-refractivity contribution in [3.8, 4) is 0 Å². The maximum Gasteiger partial charge on any atom is 0.126 e. The lowest BCUT2D eigenvalue weighted by molar-refractivity contribution is 0.520. The molecule has 1 unspecified atom stereocenters. The summed E-state index contributed by atoms with van der Waals surface area (Å²) in [6.07, 6.45) is 3.28. The van der Waals surface area contributed by atoms with Gasteiger partial charge >= 0.3 is 0 Å². The van der Waals surface area contributed by atoms with Crippen molar-refractivity contribution in [3.05, 3.63) is 53.4 Å². The smallest absolute Gasteiger partial charge is 0.126 e. The first-order chi connectivity index (χ1) is 9.10. The molecule has 0 bridgehead atoms. The molecular weight excluding hydrogens is 248 g/mol. The van der Waals surface area contributed by atoms with Crippen LogP contribution < -0.4 is 5.32 Å². The van der Waals surface area contributed by atoms with Crippen molar-refractivity contribution in [3.63, 3.8) is 0 Å². The summed E-state index contributed by atoms with van der Waals surface area (Å²) in [4.78, 5) is 0. The Kier molecular flexibility index (Phi) is 4.27. The summed E-state index contributed by atoms with van der Waals surface area (Å²) in [7, 11) is 3.67. The summed E-state index contributed by atoms with van der Waals surface area (Å²) in [5, 5.41) is 7.19. The molecule has 0 radical (unpaired) electrons. The van der Waals surface area contributed by atoms with Gasteiger partial charge in [-0.2, -0.15) is 5.10 Å². The first kappa shape index (κ1) is 13.7. The van der Waals surface area contributed by atoms with Crippen LogP contribution in [0.2, 0.25) is 0 Å². The van der Waals surface area contributed by atoms with Crippen molar-refractivity contribution in [2.24, 2.45) is 7.05 Å². The van der Waals surface area contributed by atoms with Crippen LogP contribution >= 0.6 is 0 Å². The van der Waals surface area contributed by atoms with Crippen LogP contribution in [-0.4, -0.2) is 16.8 Å². The zero-order chi connectivity index (χ0) is 13.8. The quantitative estimate of drug-likeness (QED) is 0.900. The molecule has 0 amide bonds. The molecule has 0 fully saturated rings. The average molecular weight is 265 g/mol. The summed E-state index contributed by atoms with van der Waals surface area (Å²) in [5.41, 5.74) is 1.72. The second-order valence-electron chi connectivity index (χ2n) is 4.53. The van der Waals surface area contributed by atoms with Crippen molar-refractivity contribution in [2.45, 2.75) is 18.9 Å². The second-order valence-corrected chi connectivity index (χ2v) is 4.53. The lowest BCUT2D eigenvalue weighted by Gasteiger charge is -2.17. The Labute approximate surface area is 111 Å². The third kappa shape index (κ3) is 3.38. The minimum absolute atomic E-state index is 0.0832. The number of halogens is 2. The van der Waals surface area contributed by atoms with Crippen LogP contribution in [0.3, 0.4) is 0 Å². The highest BCUT2D eigenvalue weighted by Gasteiger charge is 2.12. The molecule has 19 heavy (non-hydrogen) atoms. The van der Waals surface area contributed by atoms with Gasteiger partial charge in [-0.25, -0.2) is 8.78 Å². The number of benzene rings is 1. The van der Waals surface area contributed by atoms with Crippen molar-refractivity contribution in [1.82, 2.24) is 15.1 Å². The minimum Gasteiger partial charge on any atom is -0.313 e. The maximum atomic E-state index is 13.2. The topological polar surface area (TPSA) is 29.9 Å². The molecule has 3 nitrogen and oxygen atoms in total. The number of hydrogen-bond acceptors (Lipinski definition) is 2. The van der Waals surface area contributed by atoms with Gasteiger partial charge in [0.1, 0.15) is 11.6 Å². The molecule has 1 aromatic heterocycles. The largest absolute Gasteiger partial charge is 0.313 e. The van der Waals surface area contributed by atoms with E-state index in [1.54, 1.807) is 17.9 Å². The predicted molar refractivity (Wildman–Crippen MR) is 69.7 cm³/mol. The van der Waals surface area contributed by atoms with Gasteiger partial charge in [0.15, 0.2) is 0 Å². The second kappa shape index (κ2) is 5.93. The summed E-state index contributed by atoms with van der Waals surface area (Å²) in [6, 6.07) is 5.48.